The molecule has 2 aromatic rings. The van der Waals surface area contributed by atoms with Gasteiger partial charge in [-0.05, 0) is 36.4 Å². The van der Waals surface area contributed by atoms with Crippen molar-refractivity contribution in [1.82, 2.24) is 0 Å². The van der Waals surface area contributed by atoms with E-state index in [-0.39, 0.29) is 0 Å². The Labute approximate surface area is 131 Å². The Morgan fingerprint density at radius 2 is 1.77 bits per heavy atom. The largest absolute Gasteiger partial charge is 0.497 e. The van der Waals surface area contributed by atoms with Gasteiger partial charge in [0, 0.05) is 36.2 Å². The molecule has 5 nitrogen and oxygen atoms in total. The van der Waals surface area contributed by atoms with Crippen molar-refractivity contribution in [3.05, 3.63) is 36.4 Å². The van der Waals surface area contributed by atoms with Crippen LogP contribution in [0, 0.1) is 0 Å². The van der Waals surface area contributed by atoms with E-state index in [0.29, 0.717) is 18.8 Å². The van der Waals surface area contributed by atoms with Crippen molar-refractivity contribution in [3.8, 4) is 22.6 Å². The van der Waals surface area contributed by atoms with Crippen LogP contribution in [-0.4, -0.2) is 34.5 Å². The molecule has 2 aromatic carbocycles. The summed E-state index contributed by atoms with van der Waals surface area (Å²) in [5, 5.41) is 3.35. The molecule has 0 saturated heterocycles. The lowest BCUT2D eigenvalue weighted by atomic mass is 10.0. The zero-order valence-corrected chi connectivity index (χ0v) is 13.2. The molecule has 0 aromatic heterocycles. The van der Waals surface area contributed by atoms with Gasteiger partial charge in [-0.15, -0.1) is 0 Å². The van der Waals surface area contributed by atoms with E-state index in [9.17, 15) is 0 Å². The van der Waals surface area contributed by atoms with Gasteiger partial charge in [-0.1, -0.05) is 0 Å². The number of methoxy groups -OCH3 is 3. The quantitative estimate of drug-likeness (QED) is 0.608. The van der Waals surface area contributed by atoms with Gasteiger partial charge < -0.3 is 25.3 Å². The first-order chi connectivity index (χ1) is 10.7. The summed E-state index contributed by atoms with van der Waals surface area (Å²) >= 11 is 0. The van der Waals surface area contributed by atoms with Crippen LogP contribution in [0.5, 0.6) is 11.5 Å². The molecule has 0 saturated carbocycles. The van der Waals surface area contributed by atoms with E-state index >= 15 is 0 Å². The van der Waals surface area contributed by atoms with E-state index < -0.39 is 0 Å². The van der Waals surface area contributed by atoms with Crippen LogP contribution >= 0.6 is 0 Å². The van der Waals surface area contributed by atoms with Crippen molar-refractivity contribution in [2.75, 3.05) is 45.5 Å². The maximum Gasteiger partial charge on any atom is 0.127 e. The third kappa shape index (κ3) is 3.62. The lowest BCUT2D eigenvalue weighted by molar-refractivity contribution is 0.211. The SMILES string of the molecule is COCCNc1ccc(N)cc1-c1cc(OC)ccc1OC. The zero-order valence-electron chi connectivity index (χ0n) is 13.2. The summed E-state index contributed by atoms with van der Waals surface area (Å²) < 4.78 is 15.9. The first kappa shape index (κ1) is 16.0. The highest BCUT2D eigenvalue weighted by molar-refractivity contribution is 5.84. The summed E-state index contributed by atoms with van der Waals surface area (Å²) in [5.74, 6) is 1.53. The number of nitrogens with two attached hydrogens (primary N) is 1. The van der Waals surface area contributed by atoms with Crippen molar-refractivity contribution < 1.29 is 14.2 Å². The molecule has 0 heterocycles. The summed E-state index contributed by atoms with van der Waals surface area (Å²) in [6.45, 7) is 1.33. The van der Waals surface area contributed by atoms with E-state index in [4.69, 9.17) is 19.9 Å². The first-order valence-corrected chi connectivity index (χ1v) is 7.04. The minimum absolute atomic E-state index is 0.624. The smallest absolute Gasteiger partial charge is 0.127 e. The Kier molecular flexibility index (Phi) is 5.49. The predicted molar refractivity (Wildman–Crippen MR) is 89.8 cm³/mol. The van der Waals surface area contributed by atoms with Gasteiger partial charge in [0.15, 0.2) is 0 Å². The normalized spacial score (nSPS) is 10.3. The van der Waals surface area contributed by atoms with Gasteiger partial charge in [0.1, 0.15) is 11.5 Å². The molecule has 0 aliphatic carbocycles. The van der Waals surface area contributed by atoms with Crippen molar-refractivity contribution in [1.29, 1.82) is 0 Å². The number of hydrogen-bond donors (Lipinski definition) is 2. The number of anilines is 2. The first-order valence-electron chi connectivity index (χ1n) is 7.04. The third-order valence-corrected chi connectivity index (χ3v) is 3.36. The van der Waals surface area contributed by atoms with Crippen molar-refractivity contribution in [2.45, 2.75) is 0 Å². The minimum atomic E-state index is 0.624. The zero-order chi connectivity index (χ0) is 15.9. The molecule has 0 atom stereocenters. The highest BCUT2D eigenvalue weighted by Gasteiger charge is 2.12. The van der Waals surface area contributed by atoms with Crippen LogP contribution in [-0.2, 0) is 4.74 Å². The molecule has 0 radical (unpaired) electrons. The predicted octanol–water partition coefficient (Wildman–Crippen LogP) is 3.01. The van der Waals surface area contributed by atoms with E-state index in [0.717, 1.165) is 28.3 Å². The molecular formula is C17H22N2O3. The average Bonchev–Trinajstić information content (AvgIpc) is 2.55. The standard InChI is InChI=1S/C17H22N2O3/c1-20-9-8-19-16-6-4-12(18)10-14(16)15-11-13(21-2)5-7-17(15)22-3/h4-7,10-11,19H,8-9,18H2,1-3H3. The fraction of sp³-hybridized carbons (Fsp3) is 0.294. The van der Waals surface area contributed by atoms with Crippen molar-refractivity contribution >= 4 is 11.4 Å². The van der Waals surface area contributed by atoms with E-state index in [1.54, 1.807) is 21.3 Å². The van der Waals surface area contributed by atoms with E-state index in [1.165, 1.54) is 0 Å². The second-order valence-electron chi connectivity index (χ2n) is 4.79. The van der Waals surface area contributed by atoms with Gasteiger partial charge in [-0.3, -0.25) is 0 Å². The Bertz CT molecular complexity index is 629. The molecule has 0 aliphatic heterocycles. The second kappa shape index (κ2) is 7.56. The van der Waals surface area contributed by atoms with Crippen LogP contribution in [0.1, 0.15) is 0 Å². The van der Waals surface area contributed by atoms with Crippen LogP contribution in [0.2, 0.25) is 0 Å². The number of hydrogen-bond acceptors (Lipinski definition) is 5. The van der Waals surface area contributed by atoms with Crippen molar-refractivity contribution in [2.24, 2.45) is 0 Å². The van der Waals surface area contributed by atoms with Gasteiger partial charge in [-0.25, -0.2) is 0 Å². The molecule has 118 valence electrons. The molecule has 2 rings (SSSR count). The van der Waals surface area contributed by atoms with Gasteiger partial charge in [-0.2, -0.15) is 0 Å². The van der Waals surface area contributed by atoms with E-state index in [1.807, 2.05) is 36.4 Å². The molecular weight excluding hydrogens is 280 g/mol. The van der Waals surface area contributed by atoms with Gasteiger partial charge in [0.05, 0.1) is 20.8 Å². The lowest BCUT2D eigenvalue weighted by Gasteiger charge is -2.16. The van der Waals surface area contributed by atoms with Crippen LogP contribution in [0.15, 0.2) is 36.4 Å². The van der Waals surface area contributed by atoms with Gasteiger partial charge in [0.25, 0.3) is 0 Å². The van der Waals surface area contributed by atoms with Crippen LogP contribution in [0.3, 0.4) is 0 Å². The highest BCUT2D eigenvalue weighted by Crippen LogP contribution is 2.38. The maximum atomic E-state index is 5.96. The van der Waals surface area contributed by atoms with Gasteiger partial charge in [0.2, 0.25) is 0 Å². The number of rotatable bonds is 7. The fourth-order valence-electron chi connectivity index (χ4n) is 2.25. The average molecular weight is 302 g/mol. The molecule has 0 spiro atoms. The highest BCUT2D eigenvalue weighted by atomic mass is 16.5. The molecule has 0 aliphatic rings. The molecule has 0 bridgehead atoms. The molecule has 3 N–H and O–H groups in total. The number of ether oxygens (including phenoxy) is 3. The monoisotopic (exact) mass is 302 g/mol. The summed E-state index contributed by atoms with van der Waals surface area (Å²) in [4.78, 5) is 0. The van der Waals surface area contributed by atoms with Crippen LogP contribution < -0.4 is 20.5 Å². The van der Waals surface area contributed by atoms with Gasteiger partial charge >= 0.3 is 0 Å². The fourth-order valence-corrected chi connectivity index (χ4v) is 2.25. The molecule has 0 fully saturated rings. The van der Waals surface area contributed by atoms with Crippen LogP contribution in [0.4, 0.5) is 11.4 Å². The third-order valence-electron chi connectivity index (χ3n) is 3.36. The summed E-state index contributed by atoms with van der Waals surface area (Å²) in [7, 11) is 4.97. The molecule has 5 heteroatoms. The number of nitrogen functional groups attached to an aromatic ring is 1. The molecule has 22 heavy (non-hydrogen) atoms. The number of nitrogens with one attached hydrogen (secondary N) is 1. The summed E-state index contributed by atoms with van der Waals surface area (Å²) in [6, 6.07) is 11.4. The Hall–Kier alpha value is -2.40. The molecule has 0 unspecified atom stereocenters. The Morgan fingerprint density at radius 1 is 0.955 bits per heavy atom. The summed E-state index contributed by atoms with van der Waals surface area (Å²) in [6.07, 6.45) is 0. The van der Waals surface area contributed by atoms with Crippen LogP contribution in [0.25, 0.3) is 11.1 Å². The number of benzene rings is 2. The van der Waals surface area contributed by atoms with Crippen molar-refractivity contribution in [3.63, 3.8) is 0 Å². The Morgan fingerprint density at radius 3 is 2.45 bits per heavy atom. The minimum Gasteiger partial charge on any atom is -0.497 e. The lowest BCUT2D eigenvalue weighted by Crippen LogP contribution is -2.08. The summed E-state index contributed by atoms with van der Waals surface area (Å²) in [5.41, 5.74) is 9.51. The molecule has 0 amide bonds. The Balaban J connectivity index is 2.47. The maximum absolute atomic E-state index is 5.96. The van der Waals surface area contributed by atoms with E-state index in [2.05, 4.69) is 5.32 Å². The second-order valence-corrected chi connectivity index (χ2v) is 4.79. The topological polar surface area (TPSA) is 65.7 Å².